The molecule has 2 rings (SSSR count). The third-order valence-electron chi connectivity index (χ3n) is 2.90. The molecule has 2 aromatic rings. The molecule has 0 aliphatic rings. The first-order valence-electron chi connectivity index (χ1n) is 5.88. The van der Waals surface area contributed by atoms with Crippen LogP contribution in [-0.2, 0) is 0 Å². The second-order valence-corrected chi connectivity index (χ2v) is 6.29. The Morgan fingerprint density at radius 2 is 2.16 bits per heavy atom. The van der Waals surface area contributed by atoms with Crippen LogP contribution >= 0.6 is 27.3 Å². The second kappa shape index (κ2) is 5.75. The fourth-order valence-electron chi connectivity index (χ4n) is 1.84. The van der Waals surface area contributed by atoms with Crippen molar-refractivity contribution in [2.75, 3.05) is 5.32 Å². The minimum atomic E-state index is -0.398. The van der Waals surface area contributed by atoms with Gasteiger partial charge in [0, 0.05) is 26.0 Å². The summed E-state index contributed by atoms with van der Waals surface area (Å²) in [6, 6.07) is 7.77. The summed E-state index contributed by atoms with van der Waals surface area (Å²) in [5, 5.41) is 5.51. The van der Waals surface area contributed by atoms with E-state index >= 15 is 0 Å². The van der Waals surface area contributed by atoms with E-state index in [4.69, 9.17) is 5.73 Å². The number of nitrogens with one attached hydrogen (secondary N) is 1. The number of benzene rings is 1. The minimum Gasteiger partial charge on any atom is -0.377 e. The summed E-state index contributed by atoms with van der Waals surface area (Å²) >= 11 is 5.16. The van der Waals surface area contributed by atoms with Gasteiger partial charge in [0.05, 0.1) is 6.04 Å². The molecule has 1 aromatic heterocycles. The summed E-state index contributed by atoms with van der Waals surface area (Å²) in [7, 11) is 0. The number of thiophene rings is 1. The van der Waals surface area contributed by atoms with Gasteiger partial charge in [0.25, 0.3) is 0 Å². The number of rotatable bonds is 4. The summed E-state index contributed by atoms with van der Waals surface area (Å²) in [5.41, 5.74) is 7.83. The van der Waals surface area contributed by atoms with Gasteiger partial charge in [-0.3, -0.25) is 4.79 Å². The topological polar surface area (TPSA) is 55.1 Å². The summed E-state index contributed by atoms with van der Waals surface area (Å²) in [5.74, 6) is -0.398. The maximum Gasteiger partial charge on any atom is 0.248 e. The van der Waals surface area contributed by atoms with E-state index in [2.05, 4.69) is 39.6 Å². The van der Waals surface area contributed by atoms with E-state index in [9.17, 15) is 4.79 Å². The van der Waals surface area contributed by atoms with Crippen molar-refractivity contribution in [3.8, 4) is 0 Å². The summed E-state index contributed by atoms with van der Waals surface area (Å²) in [4.78, 5) is 12.4. The average molecular weight is 339 g/mol. The van der Waals surface area contributed by atoms with E-state index < -0.39 is 5.91 Å². The summed E-state index contributed by atoms with van der Waals surface area (Å²) < 4.78 is 1.10. The van der Waals surface area contributed by atoms with E-state index in [0.29, 0.717) is 5.56 Å². The van der Waals surface area contributed by atoms with Crippen molar-refractivity contribution in [3.63, 3.8) is 0 Å². The molecule has 0 saturated carbocycles. The van der Waals surface area contributed by atoms with Crippen molar-refractivity contribution in [2.45, 2.75) is 19.9 Å². The molecule has 3 N–H and O–H groups in total. The number of hydrogen-bond donors (Lipinski definition) is 2. The molecule has 0 fully saturated rings. The Balaban J connectivity index is 2.17. The molecule has 3 nitrogen and oxygen atoms in total. The molecular formula is C14H15BrN2OS. The van der Waals surface area contributed by atoms with E-state index in [1.54, 1.807) is 17.4 Å². The van der Waals surface area contributed by atoms with Gasteiger partial charge < -0.3 is 11.1 Å². The Kier molecular flexibility index (Phi) is 4.27. The van der Waals surface area contributed by atoms with Crippen LogP contribution in [0.1, 0.15) is 33.8 Å². The molecule has 0 aliphatic heterocycles. The van der Waals surface area contributed by atoms with Gasteiger partial charge in [-0.05, 0) is 59.6 Å². The summed E-state index contributed by atoms with van der Waals surface area (Å²) in [6.07, 6.45) is 0. The van der Waals surface area contributed by atoms with Crippen molar-refractivity contribution in [2.24, 2.45) is 5.73 Å². The normalized spacial score (nSPS) is 12.2. The number of primary amides is 1. The Morgan fingerprint density at radius 3 is 2.68 bits per heavy atom. The van der Waals surface area contributed by atoms with Crippen LogP contribution < -0.4 is 11.1 Å². The first-order valence-corrected chi connectivity index (χ1v) is 7.55. The first-order chi connectivity index (χ1) is 8.97. The highest BCUT2D eigenvalue weighted by Crippen LogP contribution is 2.29. The van der Waals surface area contributed by atoms with Crippen LogP contribution in [-0.4, -0.2) is 5.91 Å². The number of nitrogens with two attached hydrogens (primary N) is 1. The zero-order valence-electron chi connectivity index (χ0n) is 10.7. The standard InChI is InChI=1S/C14H15BrN2OS/c1-8-5-10(14(16)18)3-4-12(8)17-9(2)13-6-11(15)7-19-13/h3-7,9,17H,1-2H3,(H2,16,18). The molecule has 0 radical (unpaired) electrons. The molecule has 1 unspecified atom stereocenters. The van der Waals surface area contributed by atoms with Crippen LogP contribution in [0.4, 0.5) is 5.69 Å². The van der Waals surface area contributed by atoms with Gasteiger partial charge in [-0.2, -0.15) is 0 Å². The van der Waals surface area contributed by atoms with Crippen LogP contribution in [0, 0.1) is 6.92 Å². The van der Waals surface area contributed by atoms with E-state index in [0.717, 1.165) is 15.7 Å². The van der Waals surface area contributed by atoms with Gasteiger partial charge in [0.15, 0.2) is 0 Å². The maximum atomic E-state index is 11.1. The largest absolute Gasteiger partial charge is 0.377 e. The lowest BCUT2D eigenvalue weighted by atomic mass is 10.1. The van der Waals surface area contributed by atoms with Crippen LogP contribution in [0.3, 0.4) is 0 Å². The lowest BCUT2D eigenvalue weighted by molar-refractivity contribution is 0.1000. The van der Waals surface area contributed by atoms with Crippen LogP contribution in [0.25, 0.3) is 0 Å². The molecule has 0 aliphatic carbocycles. The zero-order valence-corrected chi connectivity index (χ0v) is 13.1. The second-order valence-electron chi connectivity index (χ2n) is 4.43. The number of hydrogen-bond acceptors (Lipinski definition) is 3. The molecule has 0 saturated heterocycles. The number of halogens is 1. The quantitative estimate of drug-likeness (QED) is 0.881. The molecule has 100 valence electrons. The summed E-state index contributed by atoms with van der Waals surface area (Å²) in [6.45, 7) is 4.07. The van der Waals surface area contributed by atoms with Gasteiger partial charge >= 0.3 is 0 Å². The van der Waals surface area contributed by atoms with Gasteiger partial charge in [0.2, 0.25) is 5.91 Å². The highest BCUT2D eigenvalue weighted by molar-refractivity contribution is 9.10. The van der Waals surface area contributed by atoms with E-state index in [1.165, 1.54) is 4.88 Å². The lowest BCUT2D eigenvalue weighted by Crippen LogP contribution is -2.12. The fourth-order valence-corrected chi connectivity index (χ4v) is 3.29. The molecule has 5 heteroatoms. The maximum absolute atomic E-state index is 11.1. The highest BCUT2D eigenvalue weighted by Gasteiger charge is 2.10. The molecule has 1 atom stereocenters. The average Bonchev–Trinajstić information content (AvgIpc) is 2.78. The lowest BCUT2D eigenvalue weighted by Gasteiger charge is -2.16. The van der Waals surface area contributed by atoms with Crippen molar-refractivity contribution >= 4 is 38.9 Å². The van der Waals surface area contributed by atoms with Crippen molar-refractivity contribution in [1.29, 1.82) is 0 Å². The number of carbonyl (C=O) groups is 1. The first kappa shape index (κ1) is 14.1. The molecule has 1 aromatic carbocycles. The molecule has 19 heavy (non-hydrogen) atoms. The van der Waals surface area contributed by atoms with Crippen molar-refractivity contribution < 1.29 is 4.79 Å². The number of aryl methyl sites for hydroxylation is 1. The number of amides is 1. The third kappa shape index (κ3) is 3.36. The molecule has 0 bridgehead atoms. The third-order valence-corrected chi connectivity index (χ3v) is 4.77. The van der Waals surface area contributed by atoms with Gasteiger partial charge in [0.1, 0.15) is 0 Å². The van der Waals surface area contributed by atoms with E-state index in [1.807, 2.05) is 19.1 Å². The van der Waals surface area contributed by atoms with Gasteiger partial charge in [-0.25, -0.2) is 0 Å². The van der Waals surface area contributed by atoms with Gasteiger partial charge in [-0.15, -0.1) is 11.3 Å². The molecular weight excluding hydrogens is 324 g/mol. The number of anilines is 1. The SMILES string of the molecule is Cc1cc(C(N)=O)ccc1NC(C)c1cc(Br)cs1. The van der Waals surface area contributed by atoms with Gasteiger partial charge in [-0.1, -0.05) is 0 Å². The Bertz CT molecular complexity index is 609. The Morgan fingerprint density at radius 1 is 1.42 bits per heavy atom. The van der Waals surface area contributed by atoms with Crippen molar-refractivity contribution in [1.82, 2.24) is 0 Å². The number of carbonyl (C=O) groups excluding carboxylic acids is 1. The predicted molar refractivity (Wildman–Crippen MR) is 83.8 cm³/mol. The molecule has 0 spiro atoms. The Labute approximate surface area is 125 Å². The predicted octanol–water partition coefficient (Wildman–Crippen LogP) is 4.09. The van der Waals surface area contributed by atoms with Crippen LogP contribution in [0.2, 0.25) is 0 Å². The highest BCUT2D eigenvalue weighted by atomic mass is 79.9. The smallest absolute Gasteiger partial charge is 0.248 e. The Hall–Kier alpha value is -1.33. The van der Waals surface area contributed by atoms with Crippen LogP contribution in [0.15, 0.2) is 34.1 Å². The van der Waals surface area contributed by atoms with Crippen LogP contribution in [0.5, 0.6) is 0 Å². The van der Waals surface area contributed by atoms with Crippen molar-refractivity contribution in [3.05, 3.63) is 50.1 Å². The molecule has 1 amide bonds. The monoisotopic (exact) mass is 338 g/mol. The zero-order chi connectivity index (χ0) is 14.0. The fraction of sp³-hybridized carbons (Fsp3) is 0.214. The minimum absolute atomic E-state index is 0.217. The molecule has 1 heterocycles. The van der Waals surface area contributed by atoms with E-state index in [-0.39, 0.29) is 6.04 Å².